The van der Waals surface area contributed by atoms with Crippen molar-refractivity contribution in [2.45, 2.75) is 20.1 Å². The van der Waals surface area contributed by atoms with Crippen LogP contribution in [0, 0.1) is 6.92 Å². The molecule has 18 heavy (non-hydrogen) atoms. The van der Waals surface area contributed by atoms with Crippen LogP contribution in [-0.2, 0) is 13.2 Å². The second kappa shape index (κ2) is 5.50. The zero-order valence-electron chi connectivity index (χ0n) is 10.3. The summed E-state index contributed by atoms with van der Waals surface area (Å²) in [5.41, 5.74) is 6.53. The molecule has 0 aliphatic rings. The fourth-order valence-electron chi connectivity index (χ4n) is 1.58. The molecular weight excluding hydrogens is 234 g/mol. The van der Waals surface area contributed by atoms with E-state index in [1.54, 1.807) is 14.0 Å². The number of ether oxygens (including phenoxy) is 2. The van der Waals surface area contributed by atoms with E-state index in [0.29, 0.717) is 29.8 Å². The molecule has 1 aromatic heterocycles. The molecule has 0 unspecified atom stereocenters. The lowest BCUT2D eigenvalue weighted by atomic mass is 10.2. The monoisotopic (exact) mass is 249 g/mol. The first-order valence-corrected chi connectivity index (χ1v) is 5.52. The highest BCUT2D eigenvalue weighted by Gasteiger charge is 2.11. The van der Waals surface area contributed by atoms with Gasteiger partial charge in [-0.2, -0.15) is 4.98 Å². The van der Waals surface area contributed by atoms with E-state index in [1.165, 1.54) is 0 Å². The topological polar surface area (TPSA) is 83.4 Å². The minimum atomic E-state index is 0.189. The number of hydrogen-bond acceptors (Lipinski definition) is 6. The van der Waals surface area contributed by atoms with E-state index in [0.717, 1.165) is 5.56 Å². The van der Waals surface area contributed by atoms with Crippen molar-refractivity contribution in [3.8, 4) is 11.5 Å². The van der Waals surface area contributed by atoms with Crippen molar-refractivity contribution in [2.75, 3.05) is 7.11 Å². The Morgan fingerprint density at radius 1 is 1.39 bits per heavy atom. The van der Waals surface area contributed by atoms with Gasteiger partial charge in [-0.25, -0.2) is 0 Å². The molecule has 2 N–H and O–H groups in total. The second-order valence-electron chi connectivity index (χ2n) is 3.68. The maximum Gasteiger partial charge on any atom is 0.264 e. The smallest absolute Gasteiger partial charge is 0.264 e. The van der Waals surface area contributed by atoms with Gasteiger partial charge in [-0.1, -0.05) is 17.3 Å². The number of hydrogen-bond donors (Lipinski definition) is 1. The van der Waals surface area contributed by atoms with Crippen LogP contribution >= 0.6 is 0 Å². The fraction of sp³-hybridized carbons (Fsp3) is 0.333. The molecule has 6 heteroatoms. The number of aromatic nitrogens is 2. The predicted molar refractivity (Wildman–Crippen MR) is 64.3 cm³/mol. The van der Waals surface area contributed by atoms with Gasteiger partial charge in [0.25, 0.3) is 5.89 Å². The van der Waals surface area contributed by atoms with Gasteiger partial charge in [-0.3, -0.25) is 0 Å². The van der Waals surface area contributed by atoms with Crippen molar-refractivity contribution in [3.63, 3.8) is 0 Å². The first kappa shape index (κ1) is 12.4. The van der Waals surface area contributed by atoms with Crippen molar-refractivity contribution in [1.82, 2.24) is 10.1 Å². The molecule has 1 heterocycles. The first-order chi connectivity index (χ1) is 8.74. The molecule has 0 atom stereocenters. The maximum atomic E-state index is 5.66. The van der Waals surface area contributed by atoms with Crippen LogP contribution in [0.15, 0.2) is 22.7 Å². The van der Waals surface area contributed by atoms with Gasteiger partial charge >= 0.3 is 0 Å². The van der Waals surface area contributed by atoms with Crippen LogP contribution in [0.1, 0.15) is 17.3 Å². The quantitative estimate of drug-likeness (QED) is 0.862. The van der Waals surface area contributed by atoms with Crippen molar-refractivity contribution < 1.29 is 14.0 Å². The Bertz CT molecular complexity index is 503. The number of methoxy groups -OCH3 is 1. The summed E-state index contributed by atoms with van der Waals surface area (Å²) in [6.45, 7) is 2.31. The Morgan fingerprint density at radius 2 is 2.22 bits per heavy atom. The number of para-hydroxylation sites is 1. The highest BCUT2D eigenvalue weighted by Crippen LogP contribution is 2.31. The Balaban J connectivity index is 2.17. The van der Waals surface area contributed by atoms with Gasteiger partial charge in [0.2, 0.25) is 0 Å². The van der Waals surface area contributed by atoms with Gasteiger partial charge in [0.15, 0.2) is 23.9 Å². The fourth-order valence-corrected chi connectivity index (χ4v) is 1.58. The van der Waals surface area contributed by atoms with Crippen LogP contribution < -0.4 is 15.2 Å². The van der Waals surface area contributed by atoms with Crippen LogP contribution in [-0.4, -0.2) is 17.3 Å². The molecule has 0 saturated heterocycles. The Morgan fingerprint density at radius 3 is 2.83 bits per heavy atom. The van der Waals surface area contributed by atoms with E-state index < -0.39 is 0 Å². The van der Waals surface area contributed by atoms with E-state index in [9.17, 15) is 0 Å². The number of aryl methyl sites for hydroxylation is 1. The third-order valence-electron chi connectivity index (χ3n) is 2.41. The summed E-state index contributed by atoms with van der Waals surface area (Å²) in [4.78, 5) is 4.06. The zero-order chi connectivity index (χ0) is 13.0. The highest BCUT2D eigenvalue weighted by atomic mass is 16.5. The summed E-state index contributed by atoms with van der Waals surface area (Å²) >= 11 is 0. The van der Waals surface area contributed by atoms with Gasteiger partial charge in [-0.15, -0.1) is 0 Å². The van der Waals surface area contributed by atoms with Crippen molar-refractivity contribution >= 4 is 0 Å². The Labute approximate surface area is 105 Å². The zero-order valence-corrected chi connectivity index (χ0v) is 10.3. The average molecular weight is 249 g/mol. The minimum Gasteiger partial charge on any atom is -0.493 e. The average Bonchev–Trinajstić information content (AvgIpc) is 2.81. The molecule has 6 nitrogen and oxygen atoms in total. The normalized spacial score (nSPS) is 10.4. The predicted octanol–water partition coefficient (Wildman–Crippen LogP) is 1.42. The van der Waals surface area contributed by atoms with Gasteiger partial charge < -0.3 is 19.7 Å². The molecular formula is C12H15N3O3. The standard InChI is InChI=1S/C12H15N3O3/c1-8-14-11(18-15-8)7-17-12-9(6-13)4-3-5-10(12)16-2/h3-5H,6-7,13H2,1-2H3. The van der Waals surface area contributed by atoms with E-state index in [2.05, 4.69) is 10.1 Å². The lowest BCUT2D eigenvalue weighted by Crippen LogP contribution is -2.04. The largest absolute Gasteiger partial charge is 0.493 e. The Kier molecular flexibility index (Phi) is 3.78. The molecule has 1 aromatic carbocycles. The lowest BCUT2D eigenvalue weighted by Gasteiger charge is -2.12. The van der Waals surface area contributed by atoms with Crippen molar-refractivity contribution in [1.29, 1.82) is 0 Å². The number of rotatable bonds is 5. The summed E-state index contributed by atoms with van der Waals surface area (Å²) in [5, 5.41) is 3.69. The molecule has 0 radical (unpaired) electrons. The SMILES string of the molecule is COc1cccc(CN)c1OCc1nc(C)no1. The van der Waals surface area contributed by atoms with Crippen LogP contribution in [0.4, 0.5) is 0 Å². The third kappa shape index (κ3) is 2.60. The summed E-state index contributed by atoms with van der Waals surface area (Å²) in [5.74, 6) is 2.24. The molecule has 0 saturated carbocycles. The molecule has 0 fully saturated rings. The third-order valence-corrected chi connectivity index (χ3v) is 2.41. The molecule has 96 valence electrons. The highest BCUT2D eigenvalue weighted by molar-refractivity contribution is 5.46. The van der Waals surface area contributed by atoms with Crippen molar-refractivity contribution in [2.24, 2.45) is 5.73 Å². The molecule has 0 aliphatic heterocycles. The Hall–Kier alpha value is -2.08. The van der Waals surface area contributed by atoms with Gasteiger partial charge in [-0.05, 0) is 13.0 Å². The van der Waals surface area contributed by atoms with E-state index in [1.807, 2.05) is 18.2 Å². The maximum absolute atomic E-state index is 5.66. The van der Waals surface area contributed by atoms with E-state index in [-0.39, 0.29) is 6.61 Å². The number of nitrogens with two attached hydrogens (primary N) is 1. The second-order valence-corrected chi connectivity index (χ2v) is 3.68. The van der Waals surface area contributed by atoms with Gasteiger partial charge in [0, 0.05) is 12.1 Å². The van der Waals surface area contributed by atoms with Crippen LogP contribution in [0.25, 0.3) is 0 Å². The molecule has 0 bridgehead atoms. The van der Waals surface area contributed by atoms with E-state index >= 15 is 0 Å². The molecule has 2 rings (SSSR count). The van der Waals surface area contributed by atoms with Crippen LogP contribution in [0.5, 0.6) is 11.5 Å². The summed E-state index contributed by atoms with van der Waals surface area (Å²) < 4.78 is 15.9. The summed E-state index contributed by atoms with van der Waals surface area (Å²) in [6, 6.07) is 5.56. The van der Waals surface area contributed by atoms with Crippen LogP contribution in [0.2, 0.25) is 0 Å². The first-order valence-electron chi connectivity index (χ1n) is 5.52. The number of benzene rings is 1. The molecule has 0 spiro atoms. The molecule has 0 aliphatic carbocycles. The van der Waals surface area contributed by atoms with Crippen LogP contribution in [0.3, 0.4) is 0 Å². The molecule has 2 aromatic rings. The number of nitrogens with zero attached hydrogens (tertiary/aromatic N) is 2. The summed E-state index contributed by atoms with van der Waals surface area (Å²) in [6.07, 6.45) is 0. The van der Waals surface area contributed by atoms with Gasteiger partial charge in [0.05, 0.1) is 7.11 Å². The van der Waals surface area contributed by atoms with Gasteiger partial charge in [0.1, 0.15) is 0 Å². The molecule has 0 amide bonds. The van der Waals surface area contributed by atoms with Crippen molar-refractivity contribution in [3.05, 3.63) is 35.5 Å². The minimum absolute atomic E-state index is 0.189. The lowest BCUT2D eigenvalue weighted by molar-refractivity contribution is 0.231. The summed E-state index contributed by atoms with van der Waals surface area (Å²) in [7, 11) is 1.58. The van der Waals surface area contributed by atoms with E-state index in [4.69, 9.17) is 19.7 Å².